The molecule has 0 bridgehead atoms. The molecule has 0 radical (unpaired) electrons. The van der Waals surface area contributed by atoms with E-state index in [4.69, 9.17) is 5.73 Å². The summed E-state index contributed by atoms with van der Waals surface area (Å²) in [5, 5.41) is 2.66. The lowest BCUT2D eigenvalue weighted by atomic mass is 9.76. The average Bonchev–Trinajstić information content (AvgIpc) is 3.24. The molecule has 3 N–H and O–H groups in total. The van der Waals surface area contributed by atoms with Gasteiger partial charge >= 0.3 is 6.36 Å². The number of hydrogen-bond donors (Lipinski definition) is 2. The lowest BCUT2D eigenvalue weighted by molar-refractivity contribution is -0.274. The van der Waals surface area contributed by atoms with Crippen molar-refractivity contribution in [1.29, 1.82) is 0 Å². The highest BCUT2D eigenvalue weighted by Crippen LogP contribution is 2.31. The smallest absolute Gasteiger partial charge is 0.405 e. The maximum Gasteiger partial charge on any atom is 0.573 e. The van der Waals surface area contributed by atoms with Crippen LogP contribution in [0.15, 0.2) is 36.4 Å². The summed E-state index contributed by atoms with van der Waals surface area (Å²) in [4.78, 5) is 30.7. The Morgan fingerprint density at radius 3 is 2.44 bits per heavy atom. The highest BCUT2D eigenvalue weighted by molar-refractivity contribution is 7.14. The van der Waals surface area contributed by atoms with Crippen molar-refractivity contribution in [2.75, 3.05) is 26.2 Å². The van der Waals surface area contributed by atoms with Crippen molar-refractivity contribution in [2.24, 2.45) is 5.73 Å². The molecule has 2 aromatic rings. The number of alkyl halides is 3. The molecular formula is C23H27F3N4O3S. The van der Waals surface area contributed by atoms with Crippen LogP contribution in [0.5, 0.6) is 5.75 Å². The summed E-state index contributed by atoms with van der Waals surface area (Å²) in [6.45, 7) is 3.31. The second-order valence-electron chi connectivity index (χ2n) is 8.68. The fraction of sp³-hybridized carbons (Fsp3) is 0.478. The van der Waals surface area contributed by atoms with Crippen molar-refractivity contribution in [3.05, 3.63) is 51.7 Å². The molecule has 1 aromatic heterocycles. The molecule has 11 heteroatoms. The van der Waals surface area contributed by atoms with Gasteiger partial charge in [0, 0.05) is 49.7 Å². The van der Waals surface area contributed by atoms with E-state index in [2.05, 4.69) is 15.0 Å². The van der Waals surface area contributed by atoms with Gasteiger partial charge in [0.25, 0.3) is 5.91 Å². The highest BCUT2D eigenvalue weighted by atomic mass is 32.1. The number of piperazine rings is 1. The number of carbonyl (C=O) groups excluding carboxylic acids is 2. The van der Waals surface area contributed by atoms with Crippen LogP contribution in [0.4, 0.5) is 13.2 Å². The molecule has 1 aromatic carbocycles. The zero-order valence-electron chi connectivity index (χ0n) is 18.6. The van der Waals surface area contributed by atoms with Gasteiger partial charge in [0.2, 0.25) is 5.91 Å². The van der Waals surface area contributed by atoms with E-state index in [1.54, 1.807) is 12.1 Å². The predicted molar refractivity (Wildman–Crippen MR) is 121 cm³/mol. The lowest BCUT2D eigenvalue weighted by Crippen LogP contribution is -2.62. The molecule has 0 spiro atoms. The third kappa shape index (κ3) is 5.89. The van der Waals surface area contributed by atoms with E-state index in [0.717, 1.165) is 37.2 Å². The number of nitrogens with zero attached hydrogens (tertiary/aromatic N) is 2. The molecule has 2 aliphatic rings. The quantitative estimate of drug-likeness (QED) is 0.615. The van der Waals surface area contributed by atoms with E-state index in [-0.39, 0.29) is 29.7 Å². The number of halogens is 3. The number of amides is 2. The van der Waals surface area contributed by atoms with Gasteiger partial charge in [-0.25, -0.2) is 0 Å². The van der Waals surface area contributed by atoms with Crippen molar-refractivity contribution >= 4 is 23.2 Å². The van der Waals surface area contributed by atoms with Gasteiger partial charge in [0.05, 0.1) is 10.4 Å². The summed E-state index contributed by atoms with van der Waals surface area (Å²) in [6.07, 6.45) is -2.28. The van der Waals surface area contributed by atoms with Crippen molar-refractivity contribution in [1.82, 2.24) is 15.1 Å². The van der Waals surface area contributed by atoms with Crippen LogP contribution in [-0.4, -0.2) is 59.7 Å². The van der Waals surface area contributed by atoms with E-state index < -0.39 is 11.9 Å². The third-order valence-electron chi connectivity index (χ3n) is 6.23. The maximum absolute atomic E-state index is 12.6. The fourth-order valence-corrected chi connectivity index (χ4v) is 5.10. The van der Waals surface area contributed by atoms with E-state index >= 15 is 0 Å². The van der Waals surface area contributed by atoms with Crippen LogP contribution in [-0.2, 0) is 17.9 Å². The minimum absolute atomic E-state index is 0.0516. The standard InChI is InChI=1S/C23H27F3N4O3S/c24-23(25,26)33-18-5-2-1-4-16(18)14-28-20(31)19-7-6-17(34-19)15-29-10-12-30(13-11-29)21(32)22(27)8-3-9-22/h1-2,4-7H,3,8-15,27H2,(H,28,31). The van der Waals surface area contributed by atoms with E-state index in [1.165, 1.54) is 29.5 Å². The molecular weight excluding hydrogens is 469 g/mol. The van der Waals surface area contributed by atoms with Gasteiger partial charge in [0.1, 0.15) is 5.75 Å². The number of ether oxygens (including phenoxy) is 1. The SMILES string of the molecule is NC1(C(=O)N2CCN(Cc3ccc(C(=O)NCc4ccccc4OC(F)(F)F)s3)CC2)CCC1. The minimum atomic E-state index is -4.80. The molecule has 2 amide bonds. The van der Waals surface area contributed by atoms with Gasteiger partial charge in [-0.05, 0) is 37.5 Å². The van der Waals surface area contributed by atoms with Gasteiger partial charge < -0.3 is 20.7 Å². The average molecular weight is 497 g/mol. The Balaban J connectivity index is 1.26. The maximum atomic E-state index is 12.6. The summed E-state index contributed by atoms with van der Waals surface area (Å²) in [5.41, 5.74) is 5.73. The molecule has 184 valence electrons. The first-order chi connectivity index (χ1) is 16.1. The monoisotopic (exact) mass is 496 g/mol. The van der Waals surface area contributed by atoms with Gasteiger partial charge in [-0.15, -0.1) is 24.5 Å². The first kappa shape index (κ1) is 24.5. The van der Waals surface area contributed by atoms with Crippen molar-refractivity contribution in [3.63, 3.8) is 0 Å². The third-order valence-corrected chi connectivity index (χ3v) is 7.30. The van der Waals surface area contributed by atoms with Gasteiger partial charge in [0.15, 0.2) is 0 Å². The van der Waals surface area contributed by atoms with Crippen LogP contribution in [0, 0.1) is 0 Å². The number of nitrogens with two attached hydrogens (primary N) is 1. The van der Waals surface area contributed by atoms with Crippen molar-refractivity contribution < 1.29 is 27.5 Å². The van der Waals surface area contributed by atoms with Crippen LogP contribution in [0.3, 0.4) is 0 Å². The first-order valence-corrected chi connectivity index (χ1v) is 12.0. The molecule has 1 saturated carbocycles. The van der Waals surface area contributed by atoms with E-state index in [0.29, 0.717) is 24.5 Å². The van der Waals surface area contributed by atoms with Crippen LogP contribution >= 0.6 is 11.3 Å². The molecule has 0 atom stereocenters. The number of benzene rings is 1. The number of hydrogen-bond acceptors (Lipinski definition) is 6. The largest absolute Gasteiger partial charge is 0.573 e. The summed E-state index contributed by atoms with van der Waals surface area (Å²) in [6, 6.07) is 9.30. The Kier molecular flexibility index (Phi) is 7.15. The van der Waals surface area contributed by atoms with Crippen molar-refractivity contribution in [3.8, 4) is 5.75 Å². The van der Waals surface area contributed by atoms with E-state index in [1.807, 2.05) is 11.0 Å². The van der Waals surface area contributed by atoms with Gasteiger partial charge in [-0.1, -0.05) is 18.2 Å². The predicted octanol–water partition coefficient (Wildman–Crippen LogP) is 3.10. The second kappa shape index (κ2) is 9.93. The summed E-state index contributed by atoms with van der Waals surface area (Å²) in [7, 11) is 0. The highest BCUT2D eigenvalue weighted by Gasteiger charge is 2.43. The molecule has 2 fully saturated rings. The number of carbonyl (C=O) groups is 2. The number of nitrogens with one attached hydrogen (secondary N) is 1. The number of rotatable bonds is 7. The normalized spacial score (nSPS) is 18.3. The summed E-state index contributed by atoms with van der Waals surface area (Å²) >= 11 is 1.34. The molecule has 2 heterocycles. The van der Waals surface area contributed by atoms with Crippen LogP contribution < -0.4 is 15.8 Å². The van der Waals surface area contributed by atoms with Gasteiger partial charge in [-0.3, -0.25) is 14.5 Å². The zero-order chi connectivity index (χ0) is 24.3. The second-order valence-corrected chi connectivity index (χ2v) is 9.85. The van der Waals surface area contributed by atoms with Crippen LogP contribution in [0.2, 0.25) is 0 Å². The minimum Gasteiger partial charge on any atom is -0.405 e. The molecule has 4 rings (SSSR count). The molecule has 1 aliphatic heterocycles. The number of para-hydroxylation sites is 1. The van der Waals surface area contributed by atoms with Crippen molar-refractivity contribution in [2.45, 2.75) is 44.3 Å². The number of thiophene rings is 1. The molecule has 7 nitrogen and oxygen atoms in total. The first-order valence-electron chi connectivity index (χ1n) is 11.1. The molecule has 1 saturated heterocycles. The Morgan fingerprint density at radius 2 is 1.79 bits per heavy atom. The lowest BCUT2D eigenvalue weighted by Gasteiger charge is -2.43. The Bertz CT molecular complexity index is 1030. The van der Waals surface area contributed by atoms with Gasteiger partial charge in [-0.2, -0.15) is 0 Å². The summed E-state index contributed by atoms with van der Waals surface area (Å²) in [5.74, 6) is -0.643. The molecule has 34 heavy (non-hydrogen) atoms. The fourth-order valence-electron chi connectivity index (χ4n) is 4.14. The molecule has 1 aliphatic carbocycles. The Morgan fingerprint density at radius 1 is 1.09 bits per heavy atom. The topological polar surface area (TPSA) is 87.9 Å². The van der Waals surface area contributed by atoms with Crippen LogP contribution in [0.1, 0.15) is 39.4 Å². The molecule has 0 unspecified atom stereocenters. The Hall–Kier alpha value is -2.63. The van der Waals surface area contributed by atoms with Crippen LogP contribution in [0.25, 0.3) is 0 Å². The Labute approximate surface area is 199 Å². The zero-order valence-corrected chi connectivity index (χ0v) is 19.4. The summed E-state index contributed by atoms with van der Waals surface area (Å²) < 4.78 is 41.8. The van der Waals surface area contributed by atoms with E-state index in [9.17, 15) is 22.8 Å².